The zero-order chi connectivity index (χ0) is 28.5. The van der Waals surface area contributed by atoms with Gasteiger partial charge in [0, 0.05) is 25.4 Å². The summed E-state index contributed by atoms with van der Waals surface area (Å²) in [4.78, 5) is 0.330. The molecular formula is C33H49NO3SSi. The van der Waals surface area contributed by atoms with E-state index < -0.39 is 18.3 Å². The van der Waals surface area contributed by atoms with E-state index in [4.69, 9.17) is 4.43 Å². The van der Waals surface area contributed by atoms with E-state index in [2.05, 4.69) is 34.3 Å². The Balaban J connectivity index is 1.97. The highest BCUT2D eigenvalue weighted by atomic mass is 32.2. The molecule has 0 radical (unpaired) electrons. The molecule has 39 heavy (non-hydrogen) atoms. The summed E-state index contributed by atoms with van der Waals surface area (Å²) < 4.78 is 36.5. The summed E-state index contributed by atoms with van der Waals surface area (Å²) in [6.45, 7) is 16.2. The Morgan fingerprint density at radius 1 is 1.00 bits per heavy atom. The number of aryl methyl sites for hydroxylation is 1. The SMILES string of the molecule is C=C(CN(Cc1ccccc1)S(=O)(=O)c1ccc(C)cc1)[C@H]1CCCC(O[Si](CC)(CC)CC)=C1CCCC. The average molecular weight is 568 g/mol. The van der Waals surface area contributed by atoms with Gasteiger partial charge in [-0.2, -0.15) is 4.31 Å². The average Bonchev–Trinajstić information content (AvgIpc) is 2.95. The van der Waals surface area contributed by atoms with Crippen molar-refractivity contribution in [1.29, 1.82) is 0 Å². The monoisotopic (exact) mass is 567 g/mol. The highest BCUT2D eigenvalue weighted by molar-refractivity contribution is 7.89. The van der Waals surface area contributed by atoms with Crippen LogP contribution in [0.5, 0.6) is 0 Å². The summed E-state index contributed by atoms with van der Waals surface area (Å²) in [6, 6.07) is 20.4. The predicted octanol–water partition coefficient (Wildman–Crippen LogP) is 9.01. The topological polar surface area (TPSA) is 46.6 Å². The van der Waals surface area contributed by atoms with E-state index in [1.54, 1.807) is 16.4 Å². The quantitative estimate of drug-likeness (QED) is 0.159. The lowest BCUT2D eigenvalue weighted by molar-refractivity contribution is 0.331. The van der Waals surface area contributed by atoms with Gasteiger partial charge in [0.15, 0.2) is 0 Å². The third-order valence-electron chi connectivity index (χ3n) is 8.48. The maximum Gasteiger partial charge on any atom is 0.250 e. The molecule has 6 heteroatoms. The number of unbranched alkanes of at least 4 members (excludes halogenated alkanes) is 1. The van der Waals surface area contributed by atoms with Gasteiger partial charge in [0.25, 0.3) is 0 Å². The molecule has 2 aromatic rings. The van der Waals surface area contributed by atoms with Crippen LogP contribution < -0.4 is 0 Å². The van der Waals surface area contributed by atoms with E-state index in [-0.39, 0.29) is 5.92 Å². The molecule has 1 aliphatic rings. The number of benzene rings is 2. The number of hydrogen-bond acceptors (Lipinski definition) is 3. The van der Waals surface area contributed by atoms with Crippen molar-refractivity contribution in [1.82, 2.24) is 4.31 Å². The van der Waals surface area contributed by atoms with E-state index in [9.17, 15) is 8.42 Å². The smallest absolute Gasteiger partial charge is 0.250 e. The van der Waals surface area contributed by atoms with Gasteiger partial charge in [-0.3, -0.25) is 0 Å². The van der Waals surface area contributed by atoms with Crippen LogP contribution in [0, 0.1) is 12.8 Å². The molecule has 214 valence electrons. The van der Waals surface area contributed by atoms with Crippen molar-refractivity contribution in [3.63, 3.8) is 0 Å². The van der Waals surface area contributed by atoms with Crippen molar-refractivity contribution >= 4 is 18.3 Å². The summed E-state index contributed by atoms with van der Waals surface area (Å²) in [5.74, 6) is 1.36. The molecule has 2 aromatic carbocycles. The molecule has 0 bridgehead atoms. The molecule has 1 aliphatic carbocycles. The first kappa shape index (κ1) is 31.4. The molecule has 0 aliphatic heterocycles. The number of rotatable bonds is 15. The molecule has 0 saturated carbocycles. The Bertz CT molecular complexity index is 1190. The Kier molecular flexibility index (Phi) is 11.6. The third kappa shape index (κ3) is 7.96. The molecular weight excluding hydrogens is 519 g/mol. The van der Waals surface area contributed by atoms with Gasteiger partial charge in [0.2, 0.25) is 18.3 Å². The Morgan fingerprint density at radius 2 is 1.64 bits per heavy atom. The number of allylic oxidation sites excluding steroid dienone is 2. The molecule has 0 spiro atoms. The van der Waals surface area contributed by atoms with Crippen molar-refractivity contribution in [3.05, 3.63) is 89.2 Å². The first-order chi connectivity index (χ1) is 18.7. The fraction of sp³-hybridized carbons (Fsp3) is 0.515. The van der Waals surface area contributed by atoms with E-state index in [0.717, 1.165) is 73.4 Å². The summed E-state index contributed by atoms with van der Waals surface area (Å²) in [5.41, 5.74) is 4.37. The van der Waals surface area contributed by atoms with Crippen LogP contribution in [0.3, 0.4) is 0 Å². The zero-order valence-electron chi connectivity index (χ0n) is 24.8. The molecule has 0 heterocycles. The lowest BCUT2D eigenvalue weighted by Gasteiger charge is -2.37. The molecule has 0 N–H and O–H groups in total. The van der Waals surface area contributed by atoms with Crippen LogP contribution in [0.4, 0.5) is 0 Å². The molecule has 4 nitrogen and oxygen atoms in total. The lowest BCUT2D eigenvalue weighted by atomic mass is 9.79. The van der Waals surface area contributed by atoms with Crippen LogP contribution in [0.2, 0.25) is 18.1 Å². The molecule has 0 saturated heterocycles. The Hall–Kier alpha value is -2.15. The van der Waals surface area contributed by atoms with Gasteiger partial charge in [-0.1, -0.05) is 94.3 Å². The van der Waals surface area contributed by atoms with Gasteiger partial charge >= 0.3 is 0 Å². The number of sulfonamides is 1. The second kappa shape index (κ2) is 14.5. The lowest BCUT2D eigenvalue weighted by Crippen LogP contribution is -2.37. The van der Waals surface area contributed by atoms with E-state index in [1.165, 1.54) is 11.3 Å². The van der Waals surface area contributed by atoms with Crippen molar-refractivity contribution in [2.75, 3.05) is 6.54 Å². The second-order valence-electron chi connectivity index (χ2n) is 11.1. The molecule has 0 fully saturated rings. The van der Waals surface area contributed by atoms with Crippen LogP contribution in [0.25, 0.3) is 0 Å². The number of hydrogen-bond donors (Lipinski definition) is 0. The van der Waals surface area contributed by atoms with Crippen molar-refractivity contribution in [2.45, 2.75) is 103 Å². The van der Waals surface area contributed by atoms with E-state index in [0.29, 0.717) is 18.0 Å². The first-order valence-corrected chi connectivity index (χ1v) is 18.9. The van der Waals surface area contributed by atoms with Crippen molar-refractivity contribution in [3.8, 4) is 0 Å². The maximum atomic E-state index is 13.9. The number of nitrogens with zero attached hydrogens (tertiary/aromatic N) is 1. The highest BCUT2D eigenvalue weighted by Crippen LogP contribution is 2.41. The Labute approximate surface area is 239 Å². The highest BCUT2D eigenvalue weighted by Gasteiger charge is 2.35. The van der Waals surface area contributed by atoms with Gasteiger partial charge in [0.05, 0.1) is 10.7 Å². The van der Waals surface area contributed by atoms with E-state index >= 15 is 0 Å². The minimum absolute atomic E-state index is 0.157. The normalized spacial score (nSPS) is 16.5. The van der Waals surface area contributed by atoms with Crippen LogP contribution in [0.1, 0.15) is 77.3 Å². The molecule has 0 unspecified atom stereocenters. The van der Waals surface area contributed by atoms with Crippen molar-refractivity contribution < 1.29 is 12.8 Å². The minimum Gasteiger partial charge on any atom is -0.547 e. The zero-order valence-corrected chi connectivity index (χ0v) is 26.7. The summed E-state index contributed by atoms with van der Waals surface area (Å²) in [7, 11) is -5.51. The Morgan fingerprint density at radius 3 is 2.23 bits per heavy atom. The molecule has 0 amide bonds. The van der Waals surface area contributed by atoms with E-state index in [1.807, 2.05) is 49.4 Å². The standard InChI is InChI=1S/C33H49NO3SSi/c1-7-11-18-32-31(19-15-20-33(32)37-39(8-2,9-3)10-4)28(6)25-34(26-29-16-13-12-14-17-29)38(35,36)30-23-21-27(5)22-24-30/h12-14,16-17,21-24,31H,6-11,15,18-20,25-26H2,1-5H3/t31-/m1/s1. The fourth-order valence-corrected chi connectivity index (χ4v) is 9.80. The van der Waals surface area contributed by atoms with Gasteiger partial charge < -0.3 is 4.43 Å². The van der Waals surface area contributed by atoms with Gasteiger partial charge in [-0.15, -0.1) is 0 Å². The molecule has 0 aromatic heterocycles. The summed E-state index contributed by atoms with van der Waals surface area (Å²) in [5, 5.41) is 0. The first-order valence-electron chi connectivity index (χ1n) is 14.9. The molecule has 3 rings (SSSR count). The summed E-state index contributed by atoms with van der Waals surface area (Å²) in [6.07, 6.45) is 6.29. The minimum atomic E-state index is -3.71. The third-order valence-corrected chi connectivity index (χ3v) is 14.8. The van der Waals surface area contributed by atoms with Crippen molar-refractivity contribution in [2.24, 2.45) is 5.92 Å². The van der Waals surface area contributed by atoms with Crippen LogP contribution in [0.15, 0.2) is 83.0 Å². The molecule has 1 atom stereocenters. The largest absolute Gasteiger partial charge is 0.547 e. The maximum absolute atomic E-state index is 13.9. The van der Waals surface area contributed by atoms with Gasteiger partial charge in [-0.05, 0) is 74.0 Å². The van der Waals surface area contributed by atoms with Crippen LogP contribution >= 0.6 is 0 Å². The second-order valence-corrected chi connectivity index (χ2v) is 17.7. The van der Waals surface area contributed by atoms with Gasteiger partial charge in [0.1, 0.15) is 0 Å². The van der Waals surface area contributed by atoms with Crippen LogP contribution in [-0.4, -0.2) is 27.6 Å². The predicted molar refractivity (Wildman–Crippen MR) is 167 cm³/mol. The van der Waals surface area contributed by atoms with Gasteiger partial charge in [-0.25, -0.2) is 8.42 Å². The summed E-state index contributed by atoms with van der Waals surface area (Å²) >= 11 is 0. The fourth-order valence-electron chi connectivity index (χ4n) is 5.68. The van der Waals surface area contributed by atoms with Crippen LogP contribution in [-0.2, 0) is 21.0 Å².